The lowest BCUT2D eigenvalue weighted by Gasteiger charge is -2.16. The number of amides is 1. The second kappa shape index (κ2) is 6.59. The van der Waals surface area contributed by atoms with E-state index in [2.05, 4.69) is 11.2 Å². The molecule has 0 saturated carbocycles. The molecule has 0 heterocycles. The molecule has 3 nitrogen and oxygen atoms in total. The Morgan fingerprint density at radius 3 is 2.59 bits per heavy atom. The number of hydrogen-bond acceptors (Lipinski definition) is 2. The van der Waals surface area contributed by atoms with Crippen molar-refractivity contribution in [3.8, 4) is 12.3 Å². The first-order valence-electron chi connectivity index (χ1n) is 5.57. The highest BCUT2D eigenvalue weighted by atomic mass is 16.5. The van der Waals surface area contributed by atoms with Gasteiger partial charge in [0.15, 0.2) is 0 Å². The van der Waals surface area contributed by atoms with E-state index >= 15 is 0 Å². The number of carbonyl (C=O) groups is 1. The summed E-state index contributed by atoms with van der Waals surface area (Å²) >= 11 is 0. The summed E-state index contributed by atoms with van der Waals surface area (Å²) in [7, 11) is 0. The molecular formula is C14H17NO2. The summed E-state index contributed by atoms with van der Waals surface area (Å²) < 4.78 is 5.06. The lowest BCUT2D eigenvalue weighted by atomic mass is 10.1. The number of benzene rings is 1. The Kier molecular flexibility index (Phi) is 5.09. The maximum Gasteiger partial charge on any atom is 0.408 e. The average Bonchev–Trinajstić information content (AvgIpc) is 2.34. The summed E-state index contributed by atoms with van der Waals surface area (Å²) in [6.45, 7) is 4.14. The van der Waals surface area contributed by atoms with E-state index in [-0.39, 0.29) is 18.6 Å². The van der Waals surface area contributed by atoms with Crippen LogP contribution in [0.15, 0.2) is 30.3 Å². The molecule has 0 aliphatic heterocycles. The smallest absolute Gasteiger partial charge is 0.408 e. The van der Waals surface area contributed by atoms with Crippen molar-refractivity contribution in [1.82, 2.24) is 5.32 Å². The van der Waals surface area contributed by atoms with E-state index in [1.807, 2.05) is 44.2 Å². The van der Waals surface area contributed by atoms with Gasteiger partial charge in [-0.15, -0.1) is 6.42 Å². The maximum atomic E-state index is 11.5. The van der Waals surface area contributed by atoms with Crippen LogP contribution in [0.4, 0.5) is 4.79 Å². The molecular weight excluding hydrogens is 214 g/mol. The van der Waals surface area contributed by atoms with E-state index in [1.54, 1.807) is 0 Å². The van der Waals surface area contributed by atoms with Gasteiger partial charge in [0.05, 0.1) is 6.04 Å². The molecule has 0 aliphatic rings. The Bertz CT molecular complexity index is 392. The summed E-state index contributed by atoms with van der Waals surface area (Å²) in [6, 6.07) is 9.21. The first-order valence-corrected chi connectivity index (χ1v) is 5.57. The normalized spacial score (nSPS) is 11.6. The van der Waals surface area contributed by atoms with Crippen LogP contribution in [0.1, 0.15) is 19.4 Å². The van der Waals surface area contributed by atoms with Crippen LogP contribution in [0, 0.1) is 18.3 Å². The predicted octanol–water partition coefficient (Wildman–Crippen LogP) is 2.57. The van der Waals surface area contributed by atoms with Crippen molar-refractivity contribution in [1.29, 1.82) is 0 Å². The van der Waals surface area contributed by atoms with Crippen LogP contribution >= 0.6 is 0 Å². The van der Waals surface area contributed by atoms with Gasteiger partial charge >= 0.3 is 6.09 Å². The fraction of sp³-hybridized carbons (Fsp3) is 0.357. The minimum Gasteiger partial charge on any atom is -0.445 e. The summed E-state index contributed by atoms with van der Waals surface area (Å²) in [5.41, 5.74) is 0.949. The molecule has 1 atom stereocenters. The third-order valence-electron chi connectivity index (χ3n) is 2.33. The molecule has 0 spiro atoms. The molecule has 0 aliphatic carbocycles. The number of nitrogens with one attached hydrogen (secondary N) is 1. The fourth-order valence-electron chi connectivity index (χ4n) is 1.29. The quantitative estimate of drug-likeness (QED) is 0.809. The zero-order valence-corrected chi connectivity index (χ0v) is 10.1. The van der Waals surface area contributed by atoms with Crippen molar-refractivity contribution in [2.75, 3.05) is 0 Å². The Morgan fingerprint density at radius 1 is 1.41 bits per heavy atom. The second-order valence-corrected chi connectivity index (χ2v) is 4.09. The fourth-order valence-corrected chi connectivity index (χ4v) is 1.29. The molecule has 1 unspecified atom stereocenters. The van der Waals surface area contributed by atoms with Crippen LogP contribution in [0.2, 0.25) is 0 Å². The topological polar surface area (TPSA) is 38.3 Å². The molecule has 0 radical (unpaired) electrons. The summed E-state index contributed by atoms with van der Waals surface area (Å²) in [4.78, 5) is 11.5. The van der Waals surface area contributed by atoms with Crippen molar-refractivity contribution >= 4 is 6.09 Å². The van der Waals surface area contributed by atoms with E-state index in [4.69, 9.17) is 11.2 Å². The number of alkyl carbamates (subject to hydrolysis) is 1. The lowest BCUT2D eigenvalue weighted by molar-refractivity contribution is 0.136. The monoisotopic (exact) mass is 231 g/mol. The predicted molar refractivity (Wildman–Crippen MR) is 67.2 cm³/mol. The SMILES string of the molecule is C#CC(NC(=O)OCc1ccccc1)C(C)C. The van der Waals surface area contributed by atoms with Crippen molar-refractivity contribution in [2.45, 2.75) is 26.5 Å². The minimum atomic E-state index is -0.481. The van der Waals surface area contributed by atoms with Crippen LogP contribution in [0.5, 0.6) is 0 Å². The van der Waals surface area contributed by atoms with Gasteiger partial charge in [-0.1, -0.05) is 50.1 Å². The largest absolute Gasteiger partial charge is 0.445 e. The maximum absolute atomic E-state index is 11.5. The van der Waals surface area contributed by atoms with Crippen molar-refractivity contribution in [3.05, 3.63) is 35.9 Å². The van der Waals surface area contributed by atoms with Crippen molar-refractivity contribution < 1.29 is 9.53 Å². The van der Waals surface area contributed by atoms with Gasteiger partial charge in [-0.2, -0.15) is 0 Å². The van der Waals surface area contributed by atoms with Gasteiger partial charge in [-0.3, -0.25) is 0 Å². The third-order valence-corrected chi connectivity index (χ3v) is 2.33. The lowest BCUT2D eigenvalue weighted by Crippen LogP contribution is -2.37. The van der Waals surface area contributed by atoms with Gasteiger partial charge in [0, 0.05) is 0 Å². The minimum absolute atomic E-state index is 0.185. The molecule has 1 aromatic rings. The van der Waals surface area contributed by atoms with Crippen LogP contribution in [-0.4, -0.2) is 12.1 Å². The molecule has 0 bridgehead atoms. The molecule has 1 N–H and O–H groups in total. The summed E-state index contributed by atoms with van der Waals surface area (Å²) in [5.74, 6) is 2.70. The average molecular weight is 231 g/mol. The highest BCUT2D eigenvalue weighted by molar-refractivity contribution is 5.68. The Hall–Kier alpha value is -1.95. The zero-order chi connectivity index (χ0) is 12.7. The third kappa shape index (κ3) is 4.60. The van der Waals surface area contributed by atoms with Crippen molar-refractivity contribution in [2.24, 2.45) is 5.92 Å². The number of ether oxygens (including phenoxy) is 1. The van der Waals surface area contributed by atoms with E-state index in [0.717, 1.165) is 5.56 Å². The van der Waals surface area contributed by atoms with Crippen LogP contribution in [0.3, 0.4) is 0 Å². The number of carbonyl (C=O) groups excluding carboxylic acids is 1. The van der Waals surface area contributed by atoms with E-state index in [0.29, 0.717) is 0 Å². The Labute approximate surface area is 102 Å². The number of rotatable bonds is 4. The molecule has 1 aromatic carbocycles. The van der Waals surface area contributed by atoms with Gasteiger partial charge in [0.2, 0.25) is 0 Å². The first kappa shape index (κ1) is 13.1. The second-order valence-electron chi connectivity index (χ2n) is 4.09. The molecule has 3 heteroatoms. The first-order chi connectivity index (χ1) is 8.13. The van der Waals surface area contributed by atoms with Crippen LogP contribution < -0.4 is 5.32 Å². The van der Waals surface area contributed by atoms with Gasteiger partial charge in [-0.05, 0) is 11.5 Å². The number of terminal acetylenes is 1. The Balaban J connectivity index is 2.38. The molecule has 0 aromatic heterocycles. The van der Waals surface area contributed by atoms with E-state index in [9.17, 15) is 4.79 Å². The molecule has 1 rings (SSSR count). The number of hydrogen-bond donors (Lipinski definition) is 1. The van der Waals surface area contributed by atoms with Gasteiger partial charge in [0.1, 0.15) is 6.61 Å². The van der Waals surface area contributed by atoms with Gasteiger partial charge < -0.3 is 10.1 Å². The molecule has 90 valence electrons. The van der Waals surface area contributed by atoms with Crippen LogP contribution in [0.25, 0.3) is 0 Å². The molecule has 0 saturated heterocycles. The van der Waals surface area contributed by atoms with Crippen molar-refractivity contribution in [3.63, 3.8) is 0 Å². The highest BCUT2D eigenvalue weighted by Gasteiger charge is 2.13. The summed E-state index contributed by atoms with van der Waals surface area (Å²) in [5, 5.41) is 2.64. The zero-order valence-electron chi connectivity index (χ0n) is 10.1. The standard InChI is InChI=1S/C14H17NO2/c1-4-13(11(2)3)15-14(16)17-10-12-8-6-5-7-9-12/h1,5-9,11,13H,10H2,2-3H3,(H,15,16). The van der Waals surface area contributed by atoms with E-state index < -0.39 is 6.09 Å². The van der Waals surface area contributed by atoms with Gasteiger partial charge in [0.25, 0.3) is 0 Å². The van der Waals surface area contributed by atoms with Crippen LogP contribution in [-0.2, 0) is 11.3 Å². The highest BCUT2D eigenvalue weighted by Crippen LogP contribution is 2.03. The Morgan fingerprint density at radius 2 is 2.06 bits per heavy atom. The molecule has 0 fully saturated rings. The van der Waals surface area contributed by atoms with E-state index in [1.165, 1.54) is 0 Å². The summed E-state index contributed by atoms with van der Waals surface area (Å²) in [6.07, 6.45) is 4.83. The van der Waals surface area contributed by atoms with Gasteiger partial charge in [-0.25, -0.2) is 4.79 Å². The molecule has 1 amide bonds. The molecule has 17 heavy (non-hydrogen) atoms.